The molecule has 0 bridgehead atoms. The molecule has 0 aliphatic carbocycles. The molecule has 114 valence electrons. The lowest BCUT2D eigenvalue weighted by Crippen LogP contribution is -2.36. The average molecular weight is 279 g/mol. The quantitative estimate of drug-likeness (QED) is 0.789. The number of aromatic nitrogens is 3. The molecule has 1 N–H and O–H groups in total. The first-order valence-corrected chi connectivity index (χ1v) is 8.13. The van der Waals surface area contributed by atoms with Gasteiger partial charge in [0.05, 0.1) is 6.54 Å². The number of hydrogen-bond acceptors (Lipinski definition) is 4. The third-order valence-corrected chi connectivity index (χ3v) is 4.01. The Labute approximate surface area is 122 Å². The van der Waals surface area contributed by atoms with Crippen LogP contribution in [0.1, 0.15) is 45.4 Å². The van der Waals surface area contributed by atoms with Crippen molar-refractivity contribution in [1.82, 2.24) is 25.0 Å². The van der Waals surface area contributed by atoms with E-state index in [-0.39, 0.29) is 0 Å². The summed E-state index contributed by atoms with van der Waals surface area (Å²) in [5.41, 5.74) is 0. The van der Waals surface area contributed by atoms with Crippen LogP contribution in [0.5, 0.6) is 0 Å². The van der Waals surface area contributed by atoms with Gasteiger partial charge in [0.1, 0.15) is 12.2 Å². The maximum Gasteiger partial charge on any atom is 0.141 e. The largest absolute Gasteiger partial charge is 0.317 e. The second-order valence-electron chi connectivity index (χ2n) is 5.83. The Morgan fingerprint density at radius 3 is 2.80 bits per heavy atom. The molecule has 1 aromatic heterocycles. The minimum atomic E-state index is 0.838. The lowest BCUT2D eigenvalue weighted by molar-refractivity contribution is 0.192. The number of nitrogens with zero attached hydrogens (tertiary/aromatic N) is 4. The molecular weight excluding hydrogens is 250 g/mol. The zero-order chi connectivity index (χ0) is 14.2. The van der Waals surface area contributed by atoms with Crippen molar-refractivity contribution in [2.45, 2.75) is 52.6 Å². The van der Waals surface area contributed by atoms with E-state index in [4.69, 9.17) is 0 Å². The van der Waals surface area contributed by atoms with Gasteiger partial charge in [-0.3, -0.25) is 4.90 Å². The van der Waals surface area contributed by atoms with Crippen LogP contribution >= 0.6 is 0 Å². The third-order valence-electron chi connectivity index (χ3n) is 4.01. The normalized spacial score (nSPS) is 16.9. The molecule has 1 aliphatic heterocycles. The standard InChI is InChI=1S/C15H29N5/c1-3-9-19(11-14-5-7-16-8-6-14)12-15-17-13-18-20(15)10-4-2/h13-14,16H,3-12H2,1-2H3. The Morgan fingerprint density at radius 1 is 1.30 bits per heavy atom. The summed E-state index contributed by atoms with van der Waals surface area (Å²) in [6, 6.07) is 0. The van der Waals surface area contributed by atoms with Crippen LogP contribution in [0.3, 0.4) is 0 Å². The molecule has 1 aliphatic rings. The van der Waals surface area contributed by atoms with Crippen molar-refractivity contribution in [3.05, 3.63) is 12.2 Å². The van der Waals surface area contributed by atoms with Gasteiger partial charge in [-0.2, -0.15) is 5.10 Å². The Morgan fingerprint density at radius 2 is 2.10 bits per heavy atom. The summed E-state index contributed by atoms with van der Waals surface area (Å²) in [6.45, 7) is 11.1. The predicted octanol–water partition coefficient (Wildman–Crippen LogP) is 1.90. The third kappa shape index (κ3) is 4.56. The first-order chi connectivity index (χ1) is 9.83. The summed E-state index contributed by atoms with van der Waals surface area (Å²) in [5.74, 6) is 1.96. The van der Waals surface area contributed by atoms with Crippen LogP contribution in [0.4, 0.5) is 0 Å². The van der Waals surface area contributed by atoms with Gasteiger partial charge in [-0.1, -0.05) is 13.8 Å². The maximum atomic E-state index is 4.45. The summed E-state index contributed by atoms with van der Waals surface area (Å²) >= 11 is 0. The van der Waals surface area contributed by atoms with Crippen LogP contribution in [-0.4, -0.2) is 45.8 Å². The highest BCUT2D eigenvalue weighted by Gasteiger charge is 2.18. The molecular formula is C15H29N5. The topological polar surface area (TPSA) is 46.0 Å². The first-order valence-electron chi connectivity index (χ1n) is 8.13. The van der Waals surface area contributed by atoms with E-state index in [0.717, 1.165) is 37.8 Å². The fraction of sp³-hybridized carbons (Fsp3) is 0.867. The molecule has 0 amide bonds. The van der Waals surface area contributed by atoms with Gasteiger partial charge in [-0.15, -0.1) is 0 Å². The number of rotatable bonds is 8. The second-order valence-corrected chi connectivity index (χ2v) is 5.83. The van der Waals surface area contributed by atoms with E-state index in [2.05, 4.69) is 38.8 Å². The van der Waals surface area contributed by atoms with Crippen molar-refractivity contribution < 1.29 is 0 Å². The van der Waals surface area contributed by atoms with E-state index in [1.807, 2.05) is 0 Å². The van der Waals surface area contributed by atoms with Crippen LogP contribution in [0, 0.1) is 5.92 Å². The molecule has 0 saturated carbocycles. The van der Waals surface area contributed by atoms with Crippen molar-refractivity contribution in [3.8, 4) is 0 Å². The Balaban J connectivity index is 1.91. The van der Waals surface area contributed by atoms with Crippen molar-refractivity contribution in [2.24, 2.45) is 5.92 Å². The molecule has 1 saturated heterocycles. The SMILES string of the molecule is CCCN(Cc1ncnn1CCC)CC1CCNCC1. The Bertz CT molecular complexity index is 370. The molecule has 20 heavy (non-hydrogen) atoms. The number of piperidine rings is 1. The average Bonchev–Trinajstić information content (AvgIpc) is 2.88. The van der Waals surface area contributed by atoms with Gasteiger partial charge >= 0.3 is 0 Å². The van der Waals surface area contributed by atoms with Crippen molar-refractivity contribution in [1.29, 1.82) is 0 Å². The number of hydrogen-bond donors (Lipinski definition) is 1. The number of nitrogens with one attached hydrogen (secondary N) is 1. The number of aryl methyl sites for hydroxylation is 1. The monoisotopic (exact) mass is 279 g/mol. The van der Waals surface area contributed by atoms with Crippen LogP contribution < -0.4 is 5.32 Å². The summed E-state index contributed by atoms with van der Waals surface area (Å²) in [7, 11) is 0. The van der Waals surface area contributed by atoms with Gasteiger partial charge in [-0.25, -0.2) is 9.67 Å². The summed E-state index contributed by atoms with van der Waals surface area (Å²) < 4.78 is 2.06. The van der Waals surface area contributed by atoms with Crippen molar-refractivity contribution in [2.75, 3.05) is 26.2 Å². The smallest absolute Gasteiger partial charge is 0.141 e. The van der Waals surface area contributed by atoms with Crippen LogP contribution in [0.25, 0.3) is 0 Å². The highest BCUT2D eigenvalue weighted by Crippen LogP contribution is 2.15. The highest BCUT2D eigenvalue weighted by molar-refractivity contribution is 4.85. The van der Waals surface area contributed by atoms with Gasteiger partial charge < -0.3 is 5.32 Å². The summed E-state index contributed by atoms with van der Waals surface area (Å²) in [6.07, 6.45) is 6.62. The van der Waals surface area contributed by atoms with Gasteiger partial charge in [0.15, 0.2) is 0 Å². The van der Waals surface area contributed by atoms with Gasteiger partial charge in [0.2, 0.25) is 0 Å². The minimum Gasteiger partial charge on any atom is -0.317 e. The highest BCUT2D eigenvalue weighted by atomic mass is 15.3. The van der Waals surface area contributed by atoms with Crippen LogP contribution in [-0.2, 0) is 13.1 Å². The van der Waals surface area contributed by atoms with Gasteiger partial charge in [0, 0.05) is 13.1 Å². The zero-order valence-electron chi connectivity index (χ0n) is 13.0. The maximum absolute atomic E-state index is 4.45. The van der Waals surface area contributed by atoms with Crippen LogP contribution in [0.15, 0.2) is 6.33 Å². The Kier molecular flexibility index (Phi) is 6.47. The summed E-state index contributed by atoms with van der Waals surface area (Å²) in [4.78, 5) is 7.01. The van der Waals surface area contributed by atoms with Crippen molar-refractivity contribution >= 4 is 0 Å². The lowest BCUT2D eigenvalue weighted by Gasteiger charge is -2.29. The van der Waals surface area contributed by atoms with E-state index in [1.54, 1.807) is 6.33 Å². The zero-order valence-corrected chi connectivity index (χ0v) is 13.0. The molecule has 5 nitrogen and oxygen atoms in total. The van der Waals surface area contributed by atoms with Gasteiger partial charge in [-0.05, 0) is 51.2 Å². The molecule has 0 spiro atoms. The van der Waals surface area contributed by atoms with E-state index < -0.39 is 0 Å². The molecule has 0 radical (unpaired) electrons. The molecule has 2 rings (SSSR count). The molecule has 0 unspecified atom stereocenters. The molecule has 5 heteroatoms. The molecule has 1 aromatic rings. The van der Waals surface area contributed by atoms with E-state index in [9.17, 15) is 0 Å². The van der Waals surface area contributed by atoms with Crippen molar-refractivity contribution in [3.63, 3.8) is 0 Å². The van der Waals surface area contributed by atoms with E-state index >= 15 is 0 Å². The van der Waals surface area contributed by atoms with Crippen LogP contribution in [0.2, 0.25) is 0 Å². The molecule has 0 atom stereocenters. The Hall–Kier alpha value is -0.940. The minimum absolute atomic E-state index is 0.838. The second kappa shape index (κ2) is 8.37. The van der Waals surface area contributed by atoms with E-state index in [1.165, 1.54) is 38.9 Å². The first kappa shape index (κ1) is 15.4. The van der Waals surface area contributed by atoms with E-state index in [0.29, 0.717) is 0 Å². The molecule has 0 aromatic carbocycles. The summed E-state index contributed by atoms with van der Waals surface area (Å²) in [5, 5.41) is 7.78. The lowest BCUT2D eigenvalue weighted by atomic mass is 9.97. The predicted molar refractivity (Wildman–Crippen MR) is 81.5 cm³/mol. The molecule has 2 heterocycles. The van der Waals surface area contributed by atoms with Gasteiger partial charge in [0.25, 0.3) is 0 Å². The fourth-order valence-electron chi connectivity index (χ4n) is 2.99. The molecule has 1 fully saturated rings. The fourth-order valence-corrected chi connectivity index (χ4v) is 2.99.